The molecule has 0 unspecified atom stereocenters. The lowest BCUT2D eigenvalue weighted by molar-refractivity contribution is 0.116. The van der Waals surface area contributed by atoms with E-state index in [0.717, 1.165) is 45.9 Å². The van der Waals surface area contributed by atoms with Gasteiger partial charge in [0.25, 0.3) is 0 Å². The van der Waals surface area contributed by atoms with Crippen LogP contribution in [-0.2, 0) is 35.6 Å². The molecule has 2 aromatic carbocycles. The van der Waals surface area contributed by atoms with Gasteiger partial charge in [0.1, 0.15) is 0 Å². The van der Waals surface area contributed by atoms with Gasteiger partial charge in [-0.3, -0.25) is 0 Å². The highest BCUT2D eigenvalue weighted by atomic mass is 16.5. The van der Waals surface area contributed by atoms with E-state index in [9.17, 15) is 0 Å². The Morgan fingerprint density at radius 3 is 1.24 bits per heavy atom. The maximum atomic E-state index is 5.92. The number of fused-ring (bicyclic) bond motifs is 2. The summed E-state index contributed by atoms with van der Waals surface area (Å²) in [4.78, 5) is 0. The smallest absolute Gasteiger partial charge is 0.0716 e. The van der Waals surface area contributed by atoms with Crippen LogP contribution in [-0.4, -0.2) is 19.8 Å². The maximum absolute atomic E-state index is 5.92. The van der Waals surface area contributed by atoms with E-state index in [-0.39, 0.29) is 0 Å². The molecule has 0 aromatic heterocycles. The van der Waals surface area contributed by atoms with Crippen LogP contribution in [0.5, 0.6) is 0 Å². The van der Waals surface area contributed by atoms with Gasteiger partial charge in [-0.25, -0.2) is 0 Å². The number of ether oxygens (including phenoxy) is 2. The van der Waals surface area contributed by atoms with Crippen LogP contribution < -0.4 is 5.32 Å². The van der Waals surface area contributed by atoms with E-state index in [0.29, 0.717) is 0 Å². The van der Waals surface area contributed by atoms with E-state index in [1.165, 1.54) is 119 Å². The molecular weight excluding hydrogens is 454 g/mol. The second-order valence-electron chi connectivity index (χ2n) is 11.0. The SMILES string of the molecule is c1cc2ccc1CCOCCCCCCCCCCCCCCCCCOCc1ccc(cc1)CNC2. The van der Waals surface area contributed by atoms with Crippen LogP contribution in [0.4, 0.5) is 0 Å². The van der Waals surface area contributed by atoms with Gasteiger partial charge in [0, 0.05) is 26.3 Å². The Kier molecular flexibility index (Phi) is 16.4. The predicted octanol–water partition coefficient (Wildman–Crippen LogP) is 8.92. The zero-order valence-electron chi connectivity index (χ0n) is 23.5. The third-order valence-corrected chi connectivity index (χ3v) is 7.59. The first-order valence-electron chi connectivity index (χ1n) is 15.4. The molecule has 37 heavy (non-hydrogen) atoms. The van der Waals surface area contributed by atoms with Crippen LogP contribution in [0.1, 0.15) is 119 Å². The summed E-state index contributed by atoms with van der Waals surface area (Å²) in [6.07, 6.45) is 21.5. The van der Waals surface area contributed by atoms with Gasteiger partial charge in [0.2, 0.25) is 0 Å². The van der Waals surface area contributed by atoms with Gasteiger partial charge in [-0.2, -0.15) is 0 Å². The second kappa shape index (κ2) is 20.3. The number of hydrogen-bond donors (Lipinski definition) is 1. The first-order chi connectivity index (χ1) is 18.4. The fourth-order valence-electron chi connectivity index (χ4n) is 5.12. The summed E-state index contributed by atoms with van der Waals surface area (Å²) in [7, 11) is 0. The molecule has 3 aliphatic heterocycles. The summed E-state index contributed by atoms with van der Waals surface area (Å²) in [5.74, 6) is 0. The van der Waals surface area contributed by atoms with Crippen LogP contribution in [0, 0.1) is 0 Å². The largest absolute Gasteiger partial charge is 0.381 e. The van der Waals surface area contributed by atoms with Crippen molar-refractivity contribution in [3.63, 3.8) is 0 Å². The molecule has 3 heterocycles. The second-order valence-corrected chi connectivity index (χ2v) is 11.0. The van der Waals surface area contributed by atoms with Crippen molar-refractivity contribution in [1.82, 2.24) is 5.32 Å². The fraction of sp³-hybridized carbons (Fsp3) is 0.647. The number of benzene rings is 2. The molecule has 0 atom stereocenters. The lowest BCUT2D eigenvalue weighted by atomic mass is 10.0. The Hall–Kier alpha value is -1.68. The van der Waals surface area contributed by atoms with Crippen molar-refractivity contribution in [3.8, 4) is 0 Å². The molecular formula is C34H53NO2. The topological polar surface area (TPSA) is 30.5 Å². The average molecular weight is 508 g/mol. The average Bonchev–Trinajstić information content (AvgIpc) is 2.92. The summed E-state index contributed by atoms with van der Waals surface area (Å²) in [6.45, 7) is 5.13. The summed E-state index contributed by atoms with van der Waals surface area (Å²) in [5.41, 5.74) is 5.28. The van der Waals surface area contributed by atoms with Gasteiger partial charge < -0.3 is 14.8 Å². The molecule has 3 heteroatoms. The van der Waals surface area contributed by atoms with Gasteiger partial charge in [0.15, 0.2) is 0 Å². The van der Waals surface area contributed by atoms with E-state index in [1.54, 1.807) is 0 Å². The predicted molar refractivity (Wildman–Crippen MR) is 157 cm³/mol. The van der Waals surface area contributed by atoms with E-state index in [2.05, 4.69) is 53.8 Å². The number of rotatable bonds is 0. The molecule has 2 aromatic rings. The first kappa shape index (κ1) is 29.9. The highest BCUT2D eigenvalue weighted by Crippen LogP contribution is 2.14. The van der Waals surface area contributed by atoms with Crippen molar-refractivity contribution in [1.29, 1.82) is 0 Å². The molecule has 0 fully saturated rings. The molecule has 0 saturated heterocycles. The lowest BCUT2D eigenvalue weighted by Crippen LogP contribution is -2.12. The molecule has 0 saturated carbocycles. The Morgan fingerprint density at radius 2 is 0.757 bits per heavy atom. The standard InChI is InChI=1S/C34H53NO2/c1-2-4-6-8-10-12-14-25-36-27-24-31-16-18-32(19-17-31)28-35-29-33-20-22-34(23-21-33)30-37-26-15-13-11-9-7-5-3-1/h16-23,35H,1-15,24-30H2. The third kappa shape index (κ3) is 14.7. The van der Waals surface area contributed by atoms with E-state index < -0.39 is 0 Å². The molecule has 0 radical (unpaired) electrons. The van der Waals surface area contributed by atoms with Gasteiger partial charge in [-0.05, 0) is 41.5 Å². The van der Waals surface area contributed by atoms with Crippen molar-refractivity contribution >= 4 is 0 Å². The highest BCUT2D eigenvalue weighted by Gasteiger charge is 2.00. The number of nitrogens with one attached hydrogen (secondary N) is 1. The van der Waals surface area contributed by atoms with Gasteiger partial charge in [-0.1, -0.05) is 132 Å². The maximum Gasteiger partial charge on any atom is 0.0716 e. The quantitative estimate of drug-likeness (QED) is 0.386. The normalized spacial score (nSPS) is 19.9. The van der Waals surface area contributed by atoms with E-state index in [4.69, 9.17) is 9.47 Å². The van der Waals surface area contributed by atoms with Crippen LogP contribution in [0.2, 0.25) is 0 Å². The van der Waals surface area contributed by atoms with E-state index in [1.807, 2.05) is 0 Å². The molecule has 206 valence electrons. The van der Waals surface area contributed by atoms with Crippen LogP contribution in [0.3, 0.4) is 0 Å². The van der Waals surface area contributed by atoms with Crippen LogP contribution >= 0.6 is 0 Å². The molecule has 5 rings (SSSR count). The molecule has 0 aliphatic carbocycles. The Morgan fingerprint density at radius 1 is 0.378 bits per heavy atom. The third-order valence-electron chi connectivity index (χ3n) is 7.59. The monoisotopic (exact) mass is 507 g/mol. The summed E-state index contributed by atoms with van der Waals surface area (Å²) in [5, 5.41) is 3.57. The summed E-state index contributed by atoms with van der Waals surface area (Å²) >= 11 is 0. The minimum atomic E-state index is 0.727. The molecule has 0 spiro atoms. The molecule has 4 bridgehead atoms. The number of hydrogen-bond acceptors (Lipinski definition) is 3. The van der Waals surface area contributed by atoms with Crippen molar-refractivity contribution in [2.45, 2.75) is 122 Å². The molecule has 3 aliphatic rings. The first-order valence-corrected chi connectivity index (χ1v) is 15.4. The van der Waals surface area contributed by atoms with Crippen LogP contribution in [0.25, 0.3) is 0 Å². The van der Waals surface area contributed by atoms with Gasteiger partial charge in [0.05, 0.1) is 13.2 Å². The van der Waals surface area contributed by atoms with Crippen LogP contribution in [0.15, 0.2) is 48.5 Å². The minimum absolute atomic E-state index is 0.727. The summed E-state index contributed by atoms with van der Waals surface area (Å²) < 4.78 is 11.8. The Labute approximate surface area is 227 Å². The van der Waals surface area contributed by atoms with Crippen molar-refractivity contribution in [2.75, 3.05) is 19.8 Å². The lowest BCUT2D eigenvalue weighted by Gasteiger charge is -2.09. The fourth-order valence-corrected chi connectivity index (χ4v) is 5.12. The minimum Gasteiger partial charge on any atom is -0.381 e. The Bertz CT molecular complexity index is 719. The van der Waals surface area contributed by atoms with E-state index >= 15 is 0 Å². The van der Waals surface area contributed by atoms with Crippen molar-refractivity contribution in [2.24, 2.45) is 0 Å². The van der Waals surface area contributed by atoms with Crippen molar-refractivity contribution in [3.05, 3.63) is 70.8 Å². The summed E-state index contributed by atoms with van der Waals surface area (Å²) in [6, 6.07) is 17.8. The van der Waals surface area contributed by atoms with Crippen molar-refractivity contribution < 1.29 is 9.47 Å². The molecule has 0 amide bonds. The zero-order chi connectivity index (χ0) is 25.6. The molecule has 1 N–H and O–H groups in total. The highest BCUT2D eigenvalue weighted by molar-refractivity contribution is 5.24. The Balaban J connectivity index is 1.36. The van der Waals surface area contributed by atoms with Gasteiger partial charge >= 0.3 is 0 Å². The zero-order valence-corrected chi connectivity index (χ0v) is 23.5. The van der Waals surface area contributed by atoms with Gasteiger partial charge in [-0.15, -0.1) is 0 Å². The molecule has 3 nitrogen and oxygen atoms in total.